The molecular weight excluding hydrogens is 355 g/mol. The predicted molar refractivity (Wildman–Crippen MR) is 122 cm³/mol. The largest absolute Gasteiger partial charge is 0.490 e. The van der Waals surface area contributed by atoms with Crippen LogP contribution in [0, 0.1) is 11.7 Å². The summed E-state index contributed by atoms with van der Waals surface area (Å²) < 4.78 is 19.0. The normalized spacial score (nSPS) is 13.9. The van der Waals surface area contributed by atoms with Crippen LogP contribution in [0.5, 0.6) is 5.75 Å². The highest BCUT2D eigenvalue weighted by atomic mass is 19.1. The van der Waals surface area contributed by atoms with Crippen molar-refractivity contribution in [2.24, 2.45) is 5.92 Å². The summed E-state index contributed by atoms with van der Waals surface area (Å²) in [6.07, 6.45) is 7.88. The van der Waals surface area contributed by atoms with Gasteiger partial charge in [0.15, 0.2) is 11.6 Å². The molecule has 1 saturated carbocycles. The second kappa shape index (κ2) is 16.8. The summed E-state index contributed by atoms with van der Waals surface area (Å²) in [5, 5.41) is 13.5. The molecule has 1 aromatic rings. The minimum absolute atomic E-state index is 0. The fourth-order valence-corrected chi connectivity index (χ4v) is 2.50. The average Bonchev–Trinajstić information content (AvgIpc) is 3.53. The first-order valence-electron chi connectivity index (χ1n) is 10.8. The van der Waals surface area contributed by atoms with E-state index in [9.17, 15) is 4.39 Å². The summed E-state index contributed by atoms with van der Waals surface area (Å²) in [6.45, 7) is 10.5. The van der Waals surface area contributed by atoms with Crippen molar-refractivity contribution in [2.75, 3.05) is 27.3 Å². The van der Waals surface area contributed by atoms with Crippen molar-refractivity contribution in [2.45, 2.75) is 78.3 Å². The standard InChI is InChI=1S/C13H18FNO.C9H21N.CH4O.2H2/c1-9(15-2)11-5-6-12(14)13(7-11)16-8-10-3-4-10;1-4-5-6-7-8-10-9(2)3;1-2;;/h5-7,9-10,15H,3-4,8H2,1-2H3;9-10H,4-8H2,1-3H3;2H,1H3;2*1H/t9-;;;;/m1..../s1. The Balaban J connectivity index is -0.000000459. The van der Waals surface area contributed by atoms with Crippen molar-refractivity contribution in [3.63, 3.8) is 0 Å². The first kappa shape index (κ1) is 26.8. The second-order valence-corrected chi connectivity index (χ2v) is 7.62. The van der Waals surface area contributed by atoms with Gasteiger partial charge in [-0.25, -0.2) is 4.39 Å². The smallest absolute Gasteiger partial charge is 0.165 e. The Hall–Kier alpha value is -1.17. The highest BCUT2D eigenvalue weighted by Crippen LogP contribution is 2.30. The molecule has 0 amide bonds. The van der Waals surface area contributed by atoms with E-state index in [1.807, 2.05) is 14.0 Å². The molecule has 0 heterocycles. The van der Waals surface area contributed by atoms with Gasteiger partial charge in [-0.3, -0.25) is 0 Å². The number of halogens is 1. The summed E-state index contributed by atoms with van der Waals surface area (Å²) >= 11 is 0. The molecule has 168 valence electrons. The number of aliphatic hydroxyl groups excluding tert-OH is 1. The monoisotopic (exact) mass is 402 g/mol. The lowest BCUT2D eigenvalue weighted by molar-refractivity contribution is 0.285. The molecule has 28 heavy (non-hydrogen) atoms. The molecule has 0 aliphatic heterocycles. The van der Waals surface area contributed by atoms with Crippen LogP contribution in [0.2, 0.25) is 0 Å². The Bertz CT molecular complexity index is 504. The molecule has 1 aliphatic carbocycles. The van der Waals surface area contributed by atoms with Gasteiger partial charge >= 0.3 is 0 Å². The summed E-state index contributed by atoms with van der Waals surface area (Å²) in [7, 11) is 2.89. The number of unbranched alkanes of at least 4 members (excludes halogenated alkanes) is 3. The zero-order valence-corrected chi connectivity index (χ0v) is 18.9. The van der Waals surface area contributed by atoms with E-state index >= 15 is 0 Å². The molecular formula is C23H47FN2O2. The summed E-state index contributed by atoms with van der Waals surface area (Å²) in [4.78, 5) is 0. The van der Waals surface area contributed by atoms with Gasteiger partial charge in [0, 0.05) is 22.0 Å². The fourth-order valence-electron chi connectivity index (χ4n) is 2.50. The van der Waals surface area contributed by atoms with Crippen LogP contribution in [0.25, 0.3) is 0 Å². The summed E-state index contributed by atoms with van der Waals surface area (Å²) in [5.41, 5.74) is 1.05. The quantitative estimate of drug-likeness (QED) is 0.424. The Kier molecular flexibility index (Phi) is 16.1. The molecule has 1 atom stereocenters. The van der Waals surface area contributed by atoms with Gasteiger partial charge in [-0.1, -0.05) is 46.1 Å². The van der Waals surface area contributed by atoms with Gasteiger partial charge in [0.05, 0.1) is 6.61 Å². The van der Waals surface area contributed by atoms with Crippen LogP contribution in [-0.4, -0.2) is 38.5 Å². The van der Waals surface area contributed by atoms with E-state index < -0.39 is 0 Å². The van der Waals surface area contributed by atoms with Gasteiger partial charge in [0.1, 0.15) is 0 Å². The van der Waals surface area contributed by atoms with Gasteiger partial charge < -0.3 is 20.5 Å². The Morgan fingerprint density at radius 1 is 1.18 bits per heavy atom. The maximum Gasteiger partial charge on any atom is 0.165 e. The minimum atomic E-state index is -0.271. The van der Waals surface area contributed by atoms with Crippen molar-refractivity contribution < 1.29 is 17.1 Å². The average molecular weight is 403 g/mol. The van der Waals surface area contributed by atoms with Gasteiger partial charge in [-0.05, 0) is 63.4 Å². The maximum absolute atomic E-state index is 13.5. The van der Waals surface area contributed by atoms with E-state index in [1.165, 1.54) is 51.1 Å². The van der Waals surface area contributed by atoms with Crippen molar-refractivity contribution >= 4 is 0 Å². The van der Waals surface area contributed by atoms with Crippen LogP contribution in [0.15, 0.2) is 18.2 Å². The van der Waals surface area contributed by atoms with Gasteiger partial charge in [-0.2, -0.15) is 0 Å². The lowest BCUT2D eigenvalue weighted by Crippen LogP contribution is -2.23. The number of hydrogen-bond acceptors (Lipinski definition) is 4. The number of nitrogens with one attached hydrogen (secondary N) is 2. The molecule has 0 unspecified atom stereocenters. The van der Waals surface area contributed by atoms with Crippen molar-refractivity contribution in [1.82, 2.24) is 10.6 Å². The van der Waals surface area contributed by atoms with E-state index in [0.717, 1.165) is 12.7 Å². The summed E-state index contributed by atoms with van der Waals surface area (Å²) in [5.74, 6) is 0.754. The molecule has 4 nitrogen and oxygen atoms in total. The van der Waals surface area contributed by atoms with Crippen LogP contribution < -0.4 is 15.4 Å². The minimum Gasteiger partial charge on any atom is -0.490 e. The zero-order chi connectivity index (χ0) is 21.4. The van der Waals surface area contributed by atoms with Gasteiger partial charge in [-0.15, -0.1) is 0 Å². The van der Waals surface area contributed by atoms with Crippen LogP contribution in [0.3, 0.4) is 0 Å². The Morgan fingerprint density at radius 2 is 1.86 bits per heavy atom. The van der Waals surface area contributed by atoms with Crippen LogP contribution in [0.4, 0.5) is 4.39 Å². The molecule has 1 aromatic carbocycles. The lowest BCUT2D eigenvalue weighted by atomic mass is 10.1. The van der Waals surface area contributed by atoms with Crippen molar-refractivity contribution in [3.05, 3.63) is 29.6 Å². The number of ether oxygens (including phenoxy) is 1. The van der Waals surface area contributed by atoms with Gasteiger partial charge in [0.2, 0.25) is 0 Å². The molecule has 5 heteroatoms. The van der Waals surface area contributed by atoms with Crippen LogP contribution in [-0.2, 0) is 0 Å². The second-order valence-electron chi connectivity index (χ2n) is 7.62. The van der Waals surface area contributed by atoms with E-state index in [2.05, 4.69) is 31.4 Å². The van der Waals surface area contributed by atoms with E-state index in [4.69, 9.17) is 9.84 Å². The van der Waals surface area contributed by atoms with Crippen molar-refractivity contribution in [1.29, 1.82) is 0 Å². The number of hydrogen-bond donors (Lipinski definition) is 3. The Labute approximate surface area is 175 Å². The molecule has 0 spiro atoms. The zero-order valence-electron chi connectivity index (χ0n) is 18.9. The van der Waals surface area contributed by atoms with Crippen LogP contribution >= 0.6 is 0 Å². The highest BCUT2D eigenvalue weighted by molar-refractivity contribution is 5.32. The molecule has 3 N–H and O–H groups in total. The van der Waals surface area contributed by atoms with Crippen molar-refractivity contribution in [3.8, 4) is 5.75 Å². The maximum atomic E-state index is 13.5. The van der Waals surface area contributed by atoms with E-state index in [-0.39, 0.29) is 14.7 Å². The lowest BCUT2D eigenvalue weighted by Gasteiger charge is -2.13. The van der Waals surface area contributed by atoms with E-state index in [0.29, 0.717) is 24.3 Å². The first-order valence-corrected chi connectivity index (χ1v) is 10.8. The number of aliphatic hydroxyl groups is 1. The molecule has 0 saturated heterocycles. The third kappa shape index (κ3) is 13.1. The molecule has 0 aromatic heterocycles. The third-order valence-corrected chi connectivity index (χ3v) is 4.64. The topological polar surface area (TPSA) is 53.5 Å². The molecule has 0 bridgehead atoms. The van der Waals surface area contributed by atoms with Crippen LogP contribution in [0.1, 0.15) is 80.7 Å². The van der Waals surface area contributed by atoms with Gasteiger partial charge in [0.25, 0.3) is 0 Å². The molecule has 2 rings (SSSR count). The fraction of sp³-hybridized carbons (Fsp3) is 0.739. The SMILES string of the molecule is CCCCCCNC(C)C.CN[C@H](C)c1ccc(F)c(OCC2CC2)c1.CO.[HH].[HH]. The summed E-state index contributed by atoms with van der Waals surface area (Å²) in [6, 6.07) is 5.93. The molecule has 1 aliphatic rings. The Morgan fingerprint density at radius 3 is 2.39 bits per heavy atom. The molecule has 1 fully saturated rings. The number of rotatable bonds is 11. The predicted octanol–water partition coefficient (Wildman–Crippen LogP) is 5.56. The highest BCUT2D eigenvalue weighted by Gasteiger charge is 2.22. The van der Waals surface area contributed by atoms with E-state index in [1.54, 1.807) is 12.1 Å². The first-order chi connectivity index (χ1) is 13.5. The third-order valence-electron chi connectivity index (χ3n) is 4.64. The molecule has 0 radical (unpaired) electrons. The number of benzene rings is 1.